The van der Waals surface area contributed by atoms with Gasteiger partial charge in [-0.25, -0.2) is 0 Å². The van der Waals surface area contributed by atoms with Crippen LogP contribution in [0.5, 0.6) is 0 Å². The number of hydrazine groups is 1. The van der Waals surface area contributed by atoms with Crippen molar-refractivity contribution < 1.29 is 0 Å². The predicted molar refractivity (Wildman–Crippen MR) is 35.5 cm³/mol. The number of hydrogen-bond acceptors (Lipinski definition) is 4. The van der Waals surface area contributed by atoms with E-state index in [1.54, 1.807) is 0 Å². The van der Waals surface area contributed by atoms with Crippen molar-refractivity contribution in [2.75, 3.05) is 6.54 Å². The van der Waals surface area contributed by atoms with Crippen LogP contribution in [-0.2, 0) is 0 Å². The lowest BCUT2D eigenvalue weighted by molar-refractivity contribution is 0.321. The molecular weight excluding hydrogens is 128 g/mol. The standard InChI is InChI=1S/C6H10N4/c1-4-3-2-7-10-6(3)5(1)9-8-4/h3-6,8-9H,1-2H2/t3-,4+,5-,6-/m0/s1. The number of nitrogens with zero attached hydrogens (tertiary/aromatic N) is 2. The quantitative estimate of drug-likeness (QED) is 0.482. The molecular formula is C6H10N4. The van der Waals surface area contributed by atoms with Gasteiger partial charge in [0.2, 0.25) is 0 Å². The fraction of sp³-hybridized carbons (Fsp3) is 1.00. The van der Waals surface area contributed by atoms with Gasteiger partial charge < -0.3 is 0 Å². The summed E-state index contributed by atoms with van der Waals surface area (Å²) in [6, 6.07) is 1.71. The van der Waals surface area contributed by atoms with E-state index in [1.165, 1.54) is 6.42 Å². The molecule has 0 radical (unpaired) electrons. The van der Waals surface area contributed by atoms with Gasteiger partial charge in [0.25, 0.3) is 0 Å². The van der Waals surface area contributed by atoms with E-state index in [1.807, 2.05) is 0 Å². The number of hydrogen-bond donors (Lipinski definition) is 2. The van der Waals surface area contributed by atoms with Crippen molar-refractivity contribution in [3.8, 4) is 0 Å². The van der Waals surface area contributed by atoms with Crippen LogP contribution < -0.4 is 10.9 Å². The second-order valence-corrected chi connectivity index (χ2v) is 3.33. The molecule has 1 saturated carbocycles. The summed E-state index contributed by atoms with van der Waals surface area (Å²) in [6.07, 6.45) is 1.24. The molecule has 2 fully saturated rings. The highest BCUT2D eigenvalue weighted by Gasteiger charge is 2.49. The van der Waals surface area contributed by atoms with Crippen molar-refractivity contribution in [1.82, 2.24) is 10.9 Å². The molecule has 1 saturated heterocycles. The van der Waals surface area contributed by atoms with E-state index in [2.05, 4.69) is 21.1 Å². The number of nitrogens with one attached hydrogen (secondary N) is 2. The number of azo groups is 1. The Kier molecular flexibility index (Phi) is 0.817. The zero-order valence-corrected chi connectivity index (χ0v) is 5.62. The Bertz CT molecular complexity index is 190. The summed E-state index contributed by atoms with van der Waals surface area (Å²) < 4.78 is 0. The SMILES string of the molecule is C1N=N[C@H]2[C@@H]1[C@H]1C[C@@H]2NN1. The van der Waals surface area contributed by atoms with Gasteiger partial charge in [-0.05, 0) is 6.42 Å². The highest BCUT2D eigenvalue weighted by molar-refractivity contribution is 5.08. The molecule has 2 aliphatic heterocycles. The van der Waals surface area contributed by atoms with Gasteiger partial charge in [-0.1, -0.05) is 0 Å². The lowest BCUT2D eigenvalue weighted by Gasteiger charge is -2.22. The van der Waals surface area contributed by atoms with Crippen LogP contribution in [-0.4, -0.2) is 24.7 Å². The smallest absolute Gasteiger partial charge is 0.0936 e. The number of rotatable bonds is 0. The van der Waals surface area contributed by atoms with Crippen LogP contribution >= 0.6 is 0 Å². The molecule has 0 amide bonds. The van der Waals surface area contributed by atoms with Crippen LogP contribution in [0.4, 0.5) is 0 Å². The second kappa shape index (κ2) is 1.57. The van der Waals surface area contributed by atoms with Gasteiger partial charge in [0.15, 0.2) is 0 Å². The van der Waals surface area contributed by atoms with Gasteiger partial charge in [0, 0.05) is 18.0 Å². The average molecular weight is 138 g/mol. The van der Waals surface area contributed by atoms with Crippen LogP contribution in [0.15, 0.2) is 10.2 Å². The van der Waals surface area contributed by atoms with E-state index in [9.17, 15) is 0 Å². The summed E-state index contributed by atoms with van der Waals surface area (Å²) in [4.78, 5) is 0. The fourth-order valence-corrected chi connectivity index (χ4v) is 2.29. The molecule has 0 aromatic rings. The van der Waals surface area contributed by atoms with Gasteiger partial charge >= 0.3 is 0 Å². The highest BCUT2D eigenvalue weighted by Crippen LogP contribution is 2.36. The Morgan fingerprint density at radius 2 is 2.10 bits per heavy atom. The fourth-order valence-electron chi connectivity index (χ4n) is 2.29. The third-order valence-corrected chi connectivity index (χ3v) is 2.84. The summed E-state index contributed by atoms with van der Waals surface area (Å²) in [5.41, 5.74) is 6.48. The lowest BCUT2D eigenvalue weighted by Crippen LogP contribution is -2.50. The van der Waals surface area contributed by atoms with E-state index in [4.69, 9.17) is 0 Å². The topological polar surface area (TPSA) is 48.8 Å². The predicted octanol–water partition coefficient (Wildman–Crippen LogP) is -0.314. The van der Waals surface area contributed by atoms with E-state index < -0.39 is 0 Å². The Balaban J connectivity index is 1.97. The summed E-state index contributed by atoms with van der Waals surface area (Å²) in [7, 11) is 0. The molecule has 3 aliphatic rings. The molecule has 3 rings (SSSR count). The molecule has 4 nitrogen and oxygen atoms in total. The van der Waals surface area contributed by atoms with Crippen molar-refractivity contribution >= 4 is 0 Å². The molecule has 2 heterocycles. The maximum atomic E-state index is 4.20. The number of fused-ring (bicyclic) bond motifs is 5. The van der Waals surface area contributed by atoms with Crippen molar-refractivity contribution in [2.24, 2.45) is 16.1 Å². The minimum atomic E-state index is 0.492. The van der Waals surface area contributed by atoms with E-state index in [0.717, 1.165) is 6.54 Å². The second-order valence-electron chi connectivity index (χ2n) is 3.33. The minimum Gasteiger partial charge on any atom is -0.254 e. The molecule has 0 aromatic heterocycles. The third-order valence-electron chi connectivity index (χ3n) is 2.84. The van der Waals surface area contributed by atoms with E-state index >= 15 is 0 Å². The van der Waals surface area contributed by atoms with E-state index in [-0.39, 0.29) is 0 Å². The molecule has 1 aliphatic carbocycles. The van der Waals surface area contributed by atoms with Crippen molar-refractivity contribution in [2.45, 2.75) is 24.5 Å². The first-order valence-electron chi connectivity index (χ1n) is 3.83. The normalized spacial score (nSPS) is 56.0. The molecule has 2 bridgehead atoms. The zero-order chi connectivity index (χ0) is 6.55. The van der Waals surface area contributed by atoms with Crippen LogP contribution in [0.2, 0.25) is 0 Å². The zero-order valence-electron chi connectivity index (χ0n) is 5.62. The average Bonchev–Trinajstić information content (AvgIpc) is 2.60. The van der Waals surface area contributed by atoms with E-state index in [0.29, 0.717) is 24.0 Å². The summed E-state index contributed by atoms with van der Waals surface area (Å²) in [6.45, 7) is 0.945. The Hall–Kier alpha value is -0.480. The van der Waals surface area contributed by atoms with Gasteiger partial charge in [-0.2, -0.15) is 10.2 Å². The Morgan fingerprint density at radius 1 is 1.20 bits per heavy atom. The van der Waals surface area contributed by atoms with Crippen molar-refractivity contribution in [1.29, 1.82) is 0 Å². The molecule has 54 valence electrons. The summed E-state index contributed by atoms with van der Waals surface area (Å²) in [5, 5.41) is 8.26. The van der Waals surface area contributed by atoms with Crippen LogP contribution in [0.25, 0.3) is 0 Å². The van der Waals surface area contributed by atoms with Crippen molar-refractivity contribution in [3.05, 3.63) is 0 Å². The summed E-state index contributed by atoms with van der Waals surface area (Å²) >= 11 is 0. The largest absolute Gasteiger partial charge is 0.254 e. The van der Waals surface area contributed by atoms with Gasteiger partial charge in [-0.15, -0.1) is 0 Å². The van der Waals surface area contributed by atoms with Crippen LogP contribution in [0, 0.1) is 5.92 Å². The van der Waals surface area contributed by atoms with Gasteiger partial charge in [0.05, 0.1) is 12.6 Å². The first kappa shape index (κ1) is 5.21. The minimum absolute atomic E-state index is 0.492. The van der Waals surface area contributed by atoms with Crippen LogP contribution in [0.1, 0.15) is 6.42 Å². The molecule has 4 atom stereocenters. The highest BCUT2D eigenvalue weighted by atomic mass is 15.5. The van der Waals surface area contributed by atoms with Crippen molar-refractivity contribution in [3.63, 3.8) is 0 Å². The molecule has 2 N–H and O–H groups in total. The molecule has 0 aromatic carbocycles. The lowest BCUT2D eigenvalue weighted by atomic mass is 10.0. The molecule has 0 spiro atoms. The molecule has 0 unspecified atom stereocenters. The van der Waals surface area contributed by atoms with Crippen LogP contribution in [0.3, 0.4) is 0 Å². The maximum absolute atomic E-state index is 4.20. The monoisotopic (exact) mass is 138 g/mol. The maximum Gasteiger partial charge on any atom is 0.0936 e. The molecule has 10 heavy (non-hydrogen) atoms. The third kappa shape index (κ3) is 0.455. The molecule has 4 heteroatoms. The Labute approximate surface area is 59.1 Å². The Morgan fingerprint density at radius 3 is 3.00 bits per heavy atom. The summed E-state index contributed by atoms with van der Waals surface area (Å²) in [5.74, 6) is 0.700. The van der Waals surface area contributed by atoms with Gasteiger partial charge in [0.1, 0.15) is 0 Å². The first-order valence-corrected chi connectivity index (χ1v) is 3.83. The van der Waals surface area contributed by atoms with Gasteiger partial charge in [-0.3, -0.25) is 10.9 Å². The first-order chi connectivity index (χ1) is 4.95.